The minimum atomic E-state index is -0.179. The van der Waals surface area contributed by atoms with Crippen LogP contribution >= 0.6 is 15.9 Å². The lowest BCUT2D eigenvalue weighted by Gasteiger charge is -2.16. The summed E-state index contributed by atoms with van der Waals surface area (Å²) < 4.78 is 13.0. The lowest BCUT2D eigenvalue weighted by molar-refractivity contribution is 0.627. The molecular weight excluding hydrogens is 315 g/mol. The van der Waals surface area contributed by atoms with Gasteiger partial charge in [-0.1, -0.05) is 60.1 Å². The normalized spacial score (nSPS) is 12.4. The Morgan fingerprint density at radius 3 is 2.20 bits per heavy atom. The van der Waals surface area contributed by atoms with Gasteiger partial charge in [-0.15, -0.1) is 0 Å². The van der Waals surface area contributed by atoms with Gasteiger partial charge in [0.05, 0.1) is 0 Å². The van der Waals surface area contributed by atoms with Crippen LogP contribution in [0, 0.1) is 5.82 Å². The number of aryl methyl sites for hydroxylation is 2. The van der Waals surface area contributed by atoms with Gasteiger partial charge < -0.3 is 0 Å². The summed E-state index contributed by atoms with van der Waals surface area (Å²) in [6, 6.07) is 13.5. The average Bonchev–Trinajstić information content (AvgIpc) is 2.48. The zero-order chi connectivity index (χ0) is 14.5. The summed E-state index contributed by atoms with van der Waals surface area (Å²) >= 11 is 3.80. The zero-order valence-corrected chi connectivity index (χ0v) is 13.6. The van der Waals surface area contributed by atoms with Crippen molar-refractivity contribution in [2.45, 2.75) is 37.9 Å². The molecule has 0 saturated carbocycles. The largest absolute Gasteiger partial charge is 0.207 e. The Morgan fingerprint density at radius 1 is 0.950 bits per heavy atom. The highest BCUT2D eigenvalue weighted by Gasteiger charge is 2.13. The van der Waals surface area contributed by atoms with E-state index in [0.717, 1.165) is 24.8 Å². The molecule has 1 atom stereocenters. The van der Waals surface area contributed by atoms with Crippen molar-refractivity contribution < 1.29 is 4.39 Å². The van der Waals surface area contributed by atoms with Gasteiger partial charge in [0.25, 0.3) is 0 Å². The van der Waals surface area contributed by atoms with Crippen LogP contribution in [-0.2, 0) is 19.3 Å². The summed E-state index contributed by atoms with van der Waals surface area (Å²) in [6.07, 6.45) is 2.96. The standard InChI is InChI=1S/C18H20BrF/c1-3-13-5-8-15(4-2)17(11-13)18(19)12-14-6-9-16(20)10-7-14/h5-11,18H,3-4,12H2,1-2H3. The van der Waals surface area contributed by atoms with Crippen molar-refractivity contribution in [3.05, 3.63) is 70.5 Å². The van der Waals surface area contributed by atoms with Gasteiger partial charge in [-0.3, -0.25) is 0 Å². The molecule has 0 N–H and O–H groups in total. The molecule has 0 aliphatic rings. The number of hydrogen-bond acceptors (Lipinski definition) is 0. The average molecular weight is 335 g/mol. The highest BCUT2D eigenvalue weighted by molar-refractivity contribution is 9.09. The van der Waals surface area contributed by atoms with Crippen molar-refractivity contribution in [3.63, 3.8) is 0 Å². The van der Waals surface area contributed by atoms with Crippen LogP contribution in [0.1, 0.15) is 40.9 Å². The maximum Gasteiger partial charge on any atom is 0.123 e. The topological polar surface area (TPSA) is 0 Å². The molecule has 0 radical (unpaired) electrons. The van der Waals surface area contributed by atoms with Crippen molar-refractivity contribution in [1.29, 1.82) is 0 Å². The molecule has 0 aromatic heterocycles. The molecule has 20 heavy (non-hydrogen) atoms. The maximum absolute atomic E-state index is 13.0. The first kappa shape index (κ1) is 15.2. The van der Waals surface area contributed by atoms with E-state index in [1.54, 1.807) is 0 Å². The van der Waals surface area contributed by atoms with Gasteiger partial charge in [0.15, 0.2) is 0 Å². The number of alkyl halides is 1. The van der Waals surface area contributed by atoms with Crippen LogP contribution in [0.4, 0.5) is 4.39 Å². The molecule has 0 bridgehead atoms. The molecule has 2 heteroatoms. The summed E-state index contributed by atoms with van der Waals surface area (Å²) in [5.41, 5.74) is 5.25. The Bertz CT molecular complexity index is 560. The predicted octanol–water partition coefficient (Wildman–Crippen LogP) is 5.63. The number of hydrogen-bond donors (Lipinski definition) is 0. The first-order valence-electron chi connectivity index (χ1n) is 7.14. The Kier molecular flexibility index (Phi) is 5.36. The van der Waals surface area contributed by atoms with Crippen molar-refractivity contribution in [1.82, 2.24) is 0 Å². The minimum absolute atomic E-state index is 0.179. The molecule has 2 aromatic rings. The third-order valence-electron chi connectivity index (χ3n) is 3.67. The molecule has 0 amide bonds. The third-order valence-corrected chi connectivity index (χ3v) is 4.48. The molecule has 0 saturated heterocycles. The van der Waals surface area contributed by atoms with E-state index in [2.05, 4.69) is 48.0 Å². The quantitative estimate of drug-likeness (QED) is 0.621. The van der Waals surface area contributed by atoms with E-state index in [4.69, 9.17) is 0 Å². The van der Waals surface area contributed by atoms with Crippen molar-refractivity contribution in [2.24, 2.45) is 0 Å². The van der Waals surface area contributed by atoms with Crippen molar-refractivity contribution in [2.75, 3.05) is 0 Å². The second-order valence-electron chi connectivity index (χ2n) is 5.04. The van der Waals surface area contributed by atoms with Gasteiger partial charge in [0, 0.05) is 4.83 Å². The Labute approximate surface area is 129 Å². The van der Waals surface area contributed by atoms with Gasteiger partial charge >= 0.3 is 0 Å². The van der Waals surface area contributed by atoms with Gasteiger partial charge in [-0.2, -0.15) is 0 Å². The summed E-state index contributed by atoms with van der Waals surface area (Å²) in [4.78, 5) is 0.273. The monoisotopic (exact) mass is 334 g/mol. The van der Waals surface area contributed by atoms with Crippen LogP contribution in [0.15, 0.2) is 42.5 Å². The van der Waals surface area contributed by atoms with Crippen molar-refractivity contribution >= 4 is 15.9 Å². The summed E-state index contributed by atoms with van der Waals surface area (Å²) in [6.45, 7) is 4.36. The molecular formula is C18H20BrF. The van der Waals surface area contributed by atoms with Crippen LogP contribution in [0.3, 0.4) is 0 Å². The fourth-order valence-electron chi connectivity index (χ4n) is 2.42. The Hall–Kier alpha value is -1.15. The lowest BCUT2D eigenvalue weighted by Crippen LogP contribution is -2.01. The highest BCUT2D eigenvalue weighted by atomic mass is 79.9. The van der Waals surface area contributed by atoms with Crippen LogP contribution < -0.4 is 0 Å². The van der Waals surface area contributed by atoms with E-state index in [9.17, 15) is 4.39 Å². The van der Waals surface area contributed by atoms with Gasteiger partial charge in [-0.25, -0.2) is 4.39 Å². The molecule has 0 heterocycles. The van der Waals surface area contributed by atoms with E-state index < -0.39 is 0 Å². The van der Waals surface area contributed by atoms with Gasteiger partial charge in [-0.05, 0) is 53.6 Å². The fraction of sp³-hybridized carbons (Fsp3) is 0.333. The number of halogens is 2. The van der Waals surface area contributed by atoms with E-state index in [-0.39, 0.29) is 10.6 Å². The van der Waals surface area contributed by atoms with E-state index in [1.807, 2.05) is 12.1 Å². The van der Waals surface area contributed by atoms with Crippen molar-refractivity contribution in [3.8, 4) is 0 Å². The van der Waals surface area contributed by atoms with Crippen LogP contribution in [0.2, 0.25) is 0 Å². The van der Waals surface area contributed by atoms with E-state index >= 15 is 0 Å². The SMILES string of the molecule is CCc1ccc(CC)c(C(Br)Cc2ccc(F)cc2)c1. The smallest absolute Gasteiger partial charge is 0.123 e. The zero-order valence-electron chi connectivity index (χ0n) is 12.0. The molecule has 1 unspecified atom stereocenters. The molecule has 0 aliphatic carbocycles. The minimum Gasteiger partial charge on any atom is -0.207 e. The van der Waals surface area contributed by atoms with Crippen LogP contribution in [0.25, 0.3) is 0 Å². The second kappa shape index (κ2) is 7.03. The number of rotatable bonds is 5. The number of benzene rings is 2. The molecule has 2 rings (SSSR count). The fourth-order valence-corrected chi connectivity index (χ4v) is 3.22. The molecule has 0 nitrogen and oxygen atoms in total. The lowest BCUT2D eigenvalue weighted by atomic mass is 9.95. The summed E-state index contributed by atoms with van der Waals surface area (Å²) in [7, 11) is 0. The van der Waals surface area contributed by atoms with E-state index in [1.165, 1.54) is 28.8 Å². The summed E-state index contributed by atoms with van der Waals surface area (Å²) in [5, 5.41) is 0. The van der Waals surface area contributed by atoms with Crippen LogP contribution in [0.5, 0.6) is 0 Å². The van der Waals surface area contributed by atoms with Crippen LogP contribution in [-0.4, -0.2) is 0 Å². The third kappa shape index (κ3) is 3.69. The molecule has 2 aromatic carbocycles. The second-order valence-corrected chi connectivity index (χ2v) is 6.14. The highest BCUT2D eigenvalue weighted by Crippen LogP contribution is 2.31. The van der Waals surface area contributed by atoms with Gasteiger partial charge in [0.1, 0.15) is 5.82 Å². The first-order valence-corrected chi connectivity index (χ1v) is 8.05. The van der Waals surface area contributed by atoms with Gasteiger partial charge in [0.2, 0.25) is 0 Å². The summed E-state index contributed by atoms with van der Waals surface area (Å²) in [5.74, 6) is -0.179. The first-order chi connectivity index (χ1) is 9.63. The molecule has 0 fully saturated rings. The Morgan fingerprint density at radius 2 is 1.60 bits per heavy atom. The maximum atomic E-state index is 13.0. The molecule has 106 valence electrons. The van der Waals surface area contributed by atoms with E-state index in [0.29, 0.717) is 0 Å². The predicted molar refractivity (Wildman–Crippen MR) is 87.0 cm³/mol. The molecule has 0 spiro atoms. The molecule has 0 aliphatic heterocycles. The Balaban J connectivity index is 2.23.